The number of benzene rings is 1. The Kier molecular flexibility index (Phi) is 5.95. The van der Waals surface area contributed by atoms with Crippen LogP contribution >= 0.6 is 0 Å². The third kappa shape index (κ3) is 4.83. The molecule has 3 N–H and O–H groups in total. The summed E-state index contributed by atoms with van der Waals surface area (Å²) in [5.41, 5.74) is 4.87. The summed E-state index contributed by atoms with van der Waals surface area (Å²) < 4.78 is 19.7. The van der Waals surface area contributed by atoms with Gasteiger partial charge in [-0.25, -0.2) is 19.3 Å². The molecule has 0 bridgehead atoms. The van der Waals surface area contributed by atoms with Gasteiger partial charge in [0.05, 0.1) is 23.3 Å². The van der Waals surface area contributed by atoms with E-state index >= 15 is 0 Å². The Morgan fingerprint density at radius 2 is 1.94 bits per heavy atom. The van der Waals surface area contributed by atoms with E-state index < -0.39 is 0 Å². The molecule has 5 aromatic rings. The monoisotopic (exact) mass is 445 g/mol. The molecule has 0 aliphatic heterocycles. The number of halogens is 1. The number of nitrogens with zero attached hydrogens (tertiary/aromatic N) is 4. The van der Waals surface area contributed by atoms with Gasteiger partial charge in [-0.1, -0.05) is 6.07 Å². The Morgan fingerprint density at radius 3 is 2.85 bits per heavy atom. The topological polar surface area (TPSA) is 105 Å². The van der Waals surface area contributed by atoms with Gasteiger partial charge in [-0.05, 0) is 36.8 Å². The smallest absolute Gasteiger partial charge is 0.196 e. The van der Waals surface area contributed by atoms with Crippen LogP contribution in [0.5, 0.6) is 0 Å². The maximum Gasteiger partial charge on any atom is 0.196 e. The van der Waals surface area contributed by atoms with E-state index in [0.717, 1.165) is 36.4 Å². The SMILES string of the molecule is Cc1ccc2nc(CCNCCc3nc4c(NCc5ncccc5F)nccc4o3)[nH]c2c1. The fraction of sp³-hybridized carbons (Fsp3) is 0.250. The normalized spacial score (nSPS) is 11.5. The van der Waals surface area contributed by atoms with E-state index in [1.54, 1.807) is 24.5 Å². The molecule has 0 aliphatic carbocycles. The molecule has 0 saturated carbocycles. The molecule has 0 unspecified atom stereocenters. The van der Waals surface area contributed by atoms with Crippen LogP contribution in [0.15, 0.2) is 53.2 Å². The number of aromatic nitrogens is 5. The fourth-order valence-electron chi connectivity index (χ4n) is 3.68. The van der Waals surface area contributed by atoms with Crippen molar-refractivity contribution in [2.24, 2.45) is 0 Å². The van der Waals surface area contributed by atoms with Crippen molar-refractivity contribution in [2.45, 2.75) is 26.3 Å². The number of aryl methyl sites for hydroxylation is 1. The molecule has 0 atom stereocenters. The average Bonchev–Trinajstić information content (AvgIpc) is 3.41. The van der Waals surface area contributed by atoms with Crippen molar-refractivity contribution in [2.75, 3.05) is 18.4 Å². The number of oxazole rings is 1. The van der Waals surface area contributed by atoms with E-state index in [-0.39, 0.29) is 12.4 Å². The van der Waals surface area contributed by atoms with Crippen LogP contribution < -0.4 is 10.6 Å². The second-order valence-electron chi connectivity index (χ2n) is 7.85. The second-order valence-corrected chi connectivity index (χ2v) is 7.85. The summed E-state index contributed by atoms with van der Waals surface area (Å²) in [5.74, 6) is 1.77. The lowest BCUT2D eigenvalue weighted by atomic mass is 10.2. The van der Waals surface area contributed by atoms with Crippen molar-refractivity contribution >= 4 is 28.0 Å². The highest BCUT2D eigenvalue weighted by molar-refractivity contribution is 5.83. The molecule has 0 radical (unpaired) electrons. The van der Waals surface area contributed by atoms with Crippen LogP contribution in [0.3, 0.4) is 0 Å². The first-order valence-corrected chi connectivity index (χ1v) is 10.9. The summed E-state index contributed by atoms with van der Waals surface area (Å²) in [6.45, 7) is 3.80. The minimum absolute atomic E-state index is 0.212. The van der Waals surface area contributed by atoms with E-state index in [9.17, 15) is 4.39 Å². The Bertz CT molecular complexity index is 1390. The number of hydrogen-bond acceptors (Lipinski definition) is 7. The van der Waals surface area contributed by atoms with Gasteiger partial charge >= 0.3 is 0 Å². The Labute approximate surface area is 189 Å². The molecule has 0 saturated heterocycles. The van der Waals surface area contributed by atoms with Crippen LogP contribution in [0.2, 0.25) is 0 Å². The highest BCUT2D eigenvalue weighted by atomic mass is 19.1. The number of pyridine rings is 2. The number of hydrogen-bond donors (Lipinski definition) is 3. The summed E-state index contributed by atoms with van der Waals surface area (Å²) in [4.78, 5) is 20.9. The van der Waals surface area contributed by atoms with Crippen molar-refractivity contribution in [3.63, 3.8) is 0 Å². The standard InChI is InChI=1S/C24H24FN7O/c1-15-4-5-17-18(13-15)31-21(30-17)7-10-26-11-8-22-32-23-20(33-22)6-12-28-24(23)29-14-19-16(25)3-2-9-27-19/h2-6,9,12-13,26H,7-8,10-11,14H2,1H3,(H,28,29)(H,30,31). The van der Waals surface area contributed by atoms with Gasteiger partial charge in [-0.3, -0.25) is 4.98 Å². The maximum absolute atomic E-state index is 13.8. The highest BCUT2D eigenvalue weighted by Crippen LogP contribution is 2.22. The third-order valence-corrected chi connectivity index (χ3v) is 5.35. The molecule has 8 nitrogen and oxygen atoms in total. The maximum atomic E-state index is 13.8. The van der Waals surface area contributed by atoms with E-state index in [2.05, 4.69) is 54.6 Å². The molecule has 4 heterocycles. The number of rotatable bonds is 9. The summed E-state index contributed by atoms with van der Waals surface area (Å²) >= 11 is 0. The Morgan fingerprint density at radius 1 is 1.03 bits per heavy atom. The lowest BCUT2D eigenvalue weighted by molar-refractivity contribution is 0.515. The molecule has 1 aromatic carbocycles. The fourth-order valence-corrected chi connectivity index (χ4v) is 3.68. The van der Waals surface area contributed by atoms with Gasteiger partial charge in [0, 0.05) is 44.4 Å². The van der Waals surface area contributed by atoms with Gasteiger partial charge in [0.1, 0.15) is 11.6 Å². The minimum Gasteiger partial charge on any atom is -0.440 e. The van der Waals surface area contributed by atoms with Gasteiger partial charge in [0.25, 0.3) is 0 Å². The van der Waals surface area contributed by atoms with E-state index in [4.69, 9.17) is 4.42 Å². The zero-order valence-electron chi connectivity index (χ0n) is 18.2. The summed E-state index contributed by atoms with van der Waals surface area (Å²) in [7, 11) is 0. The molecule has 0 spiro atoms. The molecule has 0 fully saturated rings. The van der Waals surface area contributed by atoms with Gasteiger partial charge in [0.15, 0.2) is 22.8 Å². The van der Waals surface area contributed by atoms with Crippen LogP contribution in [0, 0.1) is 12.7 Å². The number of fused-ring (bicyclic) bond motifs is 2. The molecule has 33 heavy (non-hydrogen) atoms. The number of H-pyrrole nitrogens is 1. The molecule has 0 amide bonds. The van der Waals surface area contributed by atoms with Crippen molar-refractivity contribution in [1.29, 1.82) is 0 Å². The molecule has 9 heteroatoms. The number of anilines is 1. The van der Waals surface area contributed by atoms with Crippen LogP contribution in [0.25, 0.3) is 22.1 Å². The van der Waals surface area contributed by atoms with Crippen molar-refractivity contribution in [3.05, 3.63) is 77.6 Å². The summed E-state index contributed by atoms with van der Waals surface area (Å²) in [6.07, 6.45) is 4.65. The molecule has 168 valence electrons. The van der Waals surface area contributed by atoms with Crippen LogP contribution in [-0.2, 0) is 19.4 Å². The van der Waals surface area contributed by atoms with Crippen molar-refractivity contribution in [3.8, 4) is 0 Å². The zero-order chi connectivity index (χ0) is 22.6. The molecule has 0 aliphatic rings. The first kappa shape index (κ1) is 21.0. The van der Waals surface area contributed by atoms with Crippen LogP contribution in [0.4, 0.5) is 10.2 Å². The third-order valence-electron chi connectivity index (χ3n) is 5.35. The van der Waals surface area contributed by atoms with Gasteiger partial charge in [-0.2, -0.15) is 0 Å². The predicted molar refractivity (Wildman–Crippen MR) is 124 cm³/mol. The first-order chi connectivity index (χ1) is 16.2. The lowest BCUT2D eigenvalue weighted by Crippen LogP contribution is -2.20. The van der Waals surface area contributed by atoms with E-state index in [1.165, 1.54) is 11.6 Å². The van der Waals surface area contributed by atoms with Crippen molar-refractivity contribution in [1.82, 2.24) is 30.2 Å². The Balaban J connectivity index is 1.15. The van der Waals surface area contributed by atoms with E-state index in [0.29, 0.717) is 34.9 Å². The van der Waals surface area contributed by atoms with Gasteiger partial charge in [0.2, 0.25) is 0 Å². The van der Waals surface area contributed by atoms with Crippen molar-refractivity contribution < 1.29 is 8.81 Å². The van der Waals surface area contributed by atoms with E-state index in [1.807, 2.05) is 6.07 Å². The minimum atomic E-state index is -0.359. The summed E-state index contributed by atoms with van der Waals surface area (Å²) in [6, 6.07) is 10.9. The lowest BCUT2D eigenvalue weighted by Gasteiger charge is -2.05. The van der Waals surface area contributed by atoms with Gasteiger partial charge in [-0.15, -0.1) is 0 Å². The number of aromatic amines is 1. The Hall–Kier alpha value is -3.85. The highest BCUT2D eigenvalue weighted by Gasteiger charge is 2.12. The molecule has 4 aromatic heterocycles. The first-order valence-electron chi connectivity index (χ1n) is 10.9. The largest absolute Gasteiger partial charge is 0.440 e. The second kappa shape index (κ2) is 9.33. The predicted octanol–water partition coefficient (Wildman–Crippen LogP) is 3.93. The number of imidazole rings is 1. The summed E-state index contributed by atoms with van der Waals surface area (Å²) in [5, 5.41) is 6.51. The van der Waals surface area contributed by atoms with Crippen LogP contribution in [-0.4, -0.2) is 38.0 Å². The number of nitrogens with one attached hydrogen (secondary N) is 3. The quantitative estimate of drug-likeness (QED) is 0.295. The molecular formula is C24H24FN7O. The van der Waals surface area contributed by atoms with Crippen LogP contribution in [0.1, 0.15) is 23.0 Å². The average molecular weight is 446 g/mol. The molecular weight excluding hydrogens is 421 g/mol. The molecule has 5 rings (SSSR count). The zero-order valence-corrected chi connectivity index (χ0v) is 18.2. The van der Waals surface area contributed by atoms with Gasteiger partial charge < -0.3 is 20.0 Å².